The van der Waals surface area contributed by atoms with Crippen LogP contribution >= 0.6 is 23.2 Å². The number of nitrogens with one attached hydrogen (secondary N) is 1. The van der Waals surface area contributed by atoms with Crippen LogP contribution in [0, 0.1) is 0 Å². The monoisotopic (exact) mass is 442 g/mol. The molecule has 0 aromatic heterocycles. The fourth-order valence-corrected chi connectivity index (χ4v) is 2.92. The van der Waals surface area contributed by atoms with Gasteiger partial charge in [-0.2, -0.15) is 0 Å². The number of benzene rings is 1. The molecule has 152 valence electrons. The van der Waals surface area contributed by atoms with Crippen LogP contribution in [0.5, 0.6) is 0 Å². The van der Waals surface area contributed by atoms with Crippen LogP contribution in [0.15, 0.2) is 29.2 Å². The fraction of sp³-hybridized carbons (Fsp3) is 0.500. The molecule has 2 atom stereocenters. The van der Waals surface area contributed by atoms with Crippen molar-refractivity contribution in [3.05, 3.63) is 29.8 Å². The van der Waals surface area contributed by atoms with Gasteiger partial charge in [0.15, 0.2) is 14.7 Å². The number of carbonyl (C=O) groups is 2. The Kier molecular flexibility index (Phi) is 8.93. The Morgan fingerprint density at radius 3 is 2.19 bits per heavy atom. The van der Waals surface area contributed by atoms with Gasteiger partial charge in [0.25, 0.3) is 5.91 Å². The highest BCUT2D eigenvalue weighted by Gasteiger charge is 2.30. The number of hydrogen-bond acceptors (Lipinski definition) is 6. The average molecular weight is 443 g/mol. The SMILES string of the molecule is CN(C)CC(=O)O[C@H](c1ccc(S(C)(=O)=O)cc1)[C@@H](CF)NC(=O)C(Cl)Cl. The van der Waals surface area contributed by atoms with Crippen molar-refractivity contribution in [2.24, 2.45) is 0 Å². The Morgan fingerprint density at radius 1 is 1.22 bits per heavy atom. The van der Waals surface area contributed by atoms with E-state index in [0.717, 1.165) is 6.26 Å². The first-order valence-electron chi connectivity index (χ1n) is 7.74. The van der Waals surface area contributed by atoms with E-state index in [1.165, 1.54) is 24.3 Å². The molecule has 0 heterocycles. The minimum Gasteiger partial charge on any atom is -0.454 e. The van der Waals surface area contributed by atoms with Gasteiger partial charge in [0.05, 0.1) is 17.5 Å². The van der Waals surface area contributed by atoms with Crippen molar-refractivity contribution >= 4 is 44.9 Å². The van der Waals surface area contributed by atoms with Gasteiger partial charge in [0.2, 0.25) is 0 Å². The highest BCUT2D eigenvalue weighted by Crippen LogP contribution is 2.24. The highest BCUT2D eigenvalue weighted by atomic mass is 35.5. The van der Waals surface area contributed by atoms with E-state index in [-0.39, 0.29) is 11.4 Å². The third kappa shape index (κ3) is 7.61. The molecule has 0 saturated carbocycles. The molecule has 0 fully saturated rings. The molecule has 0 aliphatic carbocycles. The van der Waals surface area contributed by atoms with Gasteiger partial charge in [-0.05, 0) is 31.8 Å². The fourth-order valence-electron chi connectivity index (χ4n) is 2.17. The number of alkyl halides is 3. The van der Waals surface area contributed by atoms with Crippen LogP contribution in [-0.2, 0) is 24.2 Å². The molecule has 0 aliphatic heterocycles. The Labute approximate surface area is 167 Å². The van der Waals surface area contributed by atoms with Crippen LogP contribution in [0.2, 0.25) is 0 Å². The lowest BCUT2D eigenvalue weighted by molar-refractivity contribution is -0.152. The zero-order valence-electron chi connectivity index (χ0n) is 15.0. The lowest BCUT2D eigenvalue weighted by atomic mass is 10.0. The number of esters is 1. The molecular weight excluding hydrogens is 422 g/mol. The largest absolute Gasteiger partial charge is 0.454 e. The topological polar surface area (TPSA) is 92.8 Å². The van der Waals surface area contributed by atoms with Crippen molar-refractivity contribution < 1.29 is 27.1 Å². The molecule has 1 aromatic rings. The summed E-state index contributed by atoms with van der Waals surface area (Å²) in [6, 6.07) is 4.13. The first-order chi connectivity index (χ1) is 12.5. The van der Waals surface area contributed by atoms with Crippen LogP contribution in [0.25, 0.3) is 0 Å². The Balaban J connectivity index is 3.19. The Morgan fingerprint density at radius 2 is 1.78 bits per heavy atom. The molecule has 0 bridgehead atoms. The predicted molar refractivity (Wildman–Crippen MR) is 100 cm³/mol. The van der Waals surface area contributed by atoms with E-state index in [2.05, 4.69) is 5.32 Å². The number of carbonyl (C=O) groups excluding carboxylic acids is 2. The van der Waals surface area contributed by atoms with Crippen LogP contribution in [0.1, 0.15) is 11.7 Å². The number of amides is 1. The standard InChI is InChI=1S/C16H21Cl2FN2O5S/c1-21(2)9-13(22)26-14(12(8-19)20-16(23)15(17)18)10-4-6-11(7-5-10)27(3,24)25/h4-7,12,14-15H,8-9H2,1-3H3,(H,20,23)/t12-,14-/m1/s1. The van der Waals surface area contributed by atoms with Crippen LogP contribution < -0.4 is 5.32 Å². The Bertz CT molecular complexity index is 757. The molecule has 27 heavy (non-hydrogen) atoms. The van der Waals surface area contributed by atoms with Gasteiger partial charge in [-0.3, -0.25) is 14.5 Å². The zero-order chi connectivity index (χ0) is 20.8. The van der Waals surface area contributed by atoms with Crippen LogP contribution in [-0.4, -0.2) is 69.6 Å². The van der Waals surface area contributed by atoms with Gasteiger partial charge in [-0.25, -0.2) is 12.8 Å². The minimum atomic E-state index is -3.43. The normalized spacial score (nSPS) is 14.1. The van der Waals surface area contributed by atoms with Crippen LogP contribution in [0.3, 0.4) is 0 Å². The number of halogens is 3. The molecule has 0 radical (unpaired) electrons. The lowest BCUT2D eigenvalue weighted by Crippen LogP contribution is -2.45. The number of nitrogens with zero attached hydrogens (tertiary/aromatic N) is 1. The minimum absolute atomic E-state index is 0.0482. The number of sulfone groups is 1. The summed E-state index contributed by atoms with van der Waals surface area (Å²) in [5.41, 5.74) is 0.304. The maximum Gasteiger partial charge on any atom is 0.320 e. The maximum atomic E-state index is 13.6. The summed E-state index contributed by atoms with van der Waals surface area (Å²) in [6.45, 7) is -1.14. The molecule has 1 N–H and O–H groups in total. The van der Waals surface area contributed by atoms with Gasteiger partial charge in [0, 0.05) is 6.26 Å². The lowest BCUT2D eigenvalue weighted by Gasteiger charge is -2.27. The van der Waals surface area contributed by atoms with Crippen molar-refractivity contribution in [2.75, 3.05) is 33.6 Å². The third-order valence-corrected chi connectivity index (χ3v) is 4.92. The molecule has 1 aromatic carbocycles. The third-order valence-electron chi connectivity index (χ3n) is 3.40. The number of rotatable bonds is 9. The smallest absolute Gasteiger partial charge is 0.320 e. The second-order valence-electron chi connectivity index (χ2n) is 6.06. The predicted octanol–water partition coefficient (Wildman–Crippen LogP) is 1.49. The summed E-state index contributed by atoms with van der Waals surface area (Å²) >= 11 is 11.0. The van der Waals surface area contributed by atoms with Gasteiger partial charge >= 0.3 is 5.97 Å². The molecule has 0 saturated heterocycles. The molecule has 1 amide bonds. The van der Waals surface area contributed by atoms with Gasteiger partial charge in [-0.15, -0.1) is 0 Å². The number of hydrogen-bond donors (Lipinski definition) is 1. The van der Waals surface area contributed by atoms with Crippen molar-refractivity contribution in [3.8, 4) is 0 Å². The van der Waals surface area contributed by atoms with E-state index in [1.54, 1.807) is 19.0 Å². The van der Waals surface area contributed by atoms with E-state index in [0.29, 0.717) is 5.56 Å². The summed E-state index contributed by atoms with van der Waals surface area (Å²) in [6.07, 6.45) is -0.158. The molecule has 1 rings (SSSR count). The zero-order valence-corrected chi connectivity index (χ0v) is 17.3. The van der Waals surface area contributed by atoms with Crippen molar-refractivity contribution in [1.29, 1.82) is 0 Å². The summed E-state index contributed by atoms with van der Waals surface area (Å²) in [5.74, 6) is -1.50. The summed E-state index contributed by atoms with van der Waals surface area (Å²) in [7, 11) is -0.133. The number of likely N-dealkylation sites (N-methyl/N-ethyl adjacent to an activating group) is 1. The average Bonchev–Trinajstić information content (AvgIpc) is 2.56. The van der Waals surface area contributed by atoms with E-state index >= 15 is 0 Å². The first-order valence-corrected chi connectivity index (χ1v) is 10.5. The van der Waals surface area contributed by atoms with E-state index in [4.69, 9.17) is 27.9 Å². The molecule has 0 unspecified atom stereocenters. The summed E-state index contributed by atoms with van der Waals surface area (Å²) < 4.78 is 42.1. The highest BCUT2D eigenvalue weighted by molar-refractivity contribution is 7.90. The molecular formula is C16H21Cl2FN2O5S. The summed E-state index contributed by atoms with van der Waals surface area (Å²) in [4.78, 5) is 24.0. The first kappa shape index (κ1) is 23.6. The van der Waals surface area contributed by atoms with Gasteiger partial charge in [-0.1, -0.05) is 35.3 Å². The van der Waals surface area contributed by atoms with E-state index in [9.17, 15) is 22.4 Å². The molecule has 7 nitrogen and oxygen atoms in total. The van der Waals surface area contributed by atoms with E-state index < -0.39 is 45.4 Å². The van der Waals surface area contributed by atoms with E-state index in [1.807, 2.05) is 0 Å². The van der Waals surface area contributed by atoms with Crippen molar-refractivity contribution in [2.45, 2.75) is 21.9 Å². The summed E-state index contributed by atoms with van der Waals surface area (Å²) in [5, 5.41) is 2.28. The molecule has 11 heteroatoms. The molecule has 0 spiro atoms. The van der Waals surface area contributed by atoms with Crippen molar-refractivity contribution in [3.63, 3.8) is 0 Å². The molecule has 0 aliphatic rings. The quantitative estimate of drug-likeness (QED) is 0.460. The van der Waals surface area contributed by atoms with Crippen LogP contribution in [0.4, 0.5) is 4.39 Å². The van der Waals surface area contributed by atoms with Gasteiger partial charge in [0.1, 0.15) is 12.8 Å². The second kappa shape index (κ2) is 10.2. The van der Waals surface area contributed by atoms with Gasteiger partial charge < -0.3 is 10.1 Å². The second-order valence-corrected chi connectivity index (χ2v) is 9.17. The van der Waals surface area contributed by atoms with Crippen molar-refractivity contribution in [1.82, 2.24) is 10.2 Å². The number of ether oxygens (including phenoxy) is 1. The maximum absolute atomic E-state index is 13.6. The Hall–Kier alpha value is -1.42.